The standard InChI is InChI=1S/C16H25NO4/c1-12-6-5-7-13(10-12)14(19)11-17(8-9-18)15(20)21-16(2,3)4/h5-7,10,14,18-19H,8-9,11H2,1-4H3. The molecule has 0 aromatic heterocycles. The average molecular weight is 295 g/mol. The molecular weight excluding hydrogens is 270 g/mol. The minimum atomic E-state index is -0.816. The van der Waals surface area contributed by atoms with Crippen molar-refractivity contribution >= 4 is 6.09 Å². The quantitative estimate of drug-likeness (QED) is 0.874. The minimum absolute atomic E-state index is 0.0823. The van der Waals surface area contributed by atoms with Gasteiger partial charge in [-0.15, -0.1) is 0 Å². The predicted octanol–water partition coefficient (Wildman–Crippen LogP) is 2.26. The lowest BCUT2D eigenvalue weighted by atomic mass is 10.1. The molecule has 1 aromatic carbocycles. The number of rotatable bonds is 5. The van der Waals surface area contributed by atoms with Gasteiger partial charge in [-0.1, -0.05) is 29.8 Å². The molecule has 0 saturated heterocycles. The molecule has 118 valence electrons. The molecule has 2 N–H and O–H groups in total. The van der Waals surface area contributed by atoms with Gasteiger partial charge in [-0.05, 0) is 33.3 Å². The van der Waals surface area contributed by atoms with Crippen LogP contribution in [0, 0.1) is 6.92 Å². The molecule has 5 nitrogen and oxygen atoms in total. The molecule has 1 unspecified atom stereocenters. The predicted molar refractivity (Wildman–Crippen MR) is 81.0 cm³/mol. The maximum absolute atomic E-state index is 12.1. The van der Waals surface area contributed by atoms with Crippen molar-refractivity contribution < 1.29 is 19.7 Å². The first kappa shape index (κ1) is 17.5. The molecule has 0 radical (unpaired) electrons. The maximum Gasteiger partial charge on any atom is 0.410 e. The molecular formula is C16H25NO4. The van der Waals surface area contributed by atoms with Crippen LogP contribution in [0.5, 0.6) is 0 Å². The Morgan fingerprint density at radius 3 is 2.57 bits per heavy atom. The topological polar surface area (TPSA) is 70.0 Å². The number of hydrogen-bond acceptors (Lipinski definition) is 4. The Balaban J connectivity index is 2.75. The molecule has 0 spiro atoms. The SMILES string of the molecule is Cc1cccc(C(O)CN(CCO)C(=O)OC(C)(C)C)c1. The highest BCUT2D eigenvalue weighted by atomic mass is 16.6. The van der Waals surface area contributed by atoms with Gasteiger partial charge in [0.25, 0.3) is 0 Å². The number of ether oxygens (including phenoxy) is 1. The van der Waals surface area contributed by atoms with Gasteiger partial charge >= 0.3 is 6.09 Å². The van der Waals surface area contributed by atoms with Crippen LogP contribution in [0.15, 0.2) is 24.3 Å². The van der Waals surface area contributed by atoms with Crippen LogP contribution >= 0.6 is 0 Å². The van der Waals surface area contributed by atoms with Gasteiger partial charge in [0, 0.05) is 6.54 Å². The summed E-state index contributed by atoms with van der Waals surface area (Å²) in [6, 6.07) is 7.48. The first-order valence-corrected chi connectivity index (χ1v) is 7.06. The lowest BCUT2D eigenvalue weighted by Gasteiger charge is -2.28. The molecule has 1 amide bonds. The summed E-state index contributed by atoms with van der Waals surface area (Å²) in [7, 11) is 0. The summed E-state index contributed by atoms with van der Waals surface area (Å²) in [6.45, 7) is 7.29. The third kappa shape index (κ3) is 6.14. The van der Waals surface area contributed by atoms with E-state index in [2.05, 4.69) is 0 Å². The van der Waals surface area contributed by atoms with Crippen LogP contribution in [-0.2, 0) is 4.74 Å². The molecule has 0 aliphatic rings. The Hall–Kier alpha value is -1.59. The number of aliphatic hydroxyl groups excluding tert-OH is 2. The fraction of sp³-hybridized carbons (Fsp3) is 0.562. The Morgan fingerprint density at radius 2 is 2.05 bits per heavy atom. The van der Waals surface area contributed by atoms with E-state index in [1.54, 1.807) is 20.8 Å². The van der Waals surface area contributed by atoms with Gasteiger partial charge in [-0.25, -0.2) is 4.79 Å². The average Bonchev–Trinajstić information content (AvgIpc) is 2.36. The van der Waals surface area contributed by atoms with Crippen LogP contribution in [0.25, 0.3) is 0 Å². The van der Waals surface area contributed by atoms with Gasteiger partial charge in [0.1, 0.15) is 5.60 Å². The van der Waals surface area contributed by atoms with E-state index in [1.807, 2.05) is 31.2 Å². The largest absolute Gasteiger partial charge is 0.444 e. The smallest absolute Gasteiger partial charge is 0.410 e. The second-order valence-corrected chi connectivity index (χ2v) is 6.08. The first-order valence-electron chi connectivity index (χ1n) is 7.06. The summed E-state index contributed by atoms with van der Waals surface area (Å²) < 4.78 is 5.28. The molecule has 0 heterocycles. The highest BCUT2D eigenvalue weighted by Gasteiger charge is 2.24. The summed E-state index contributed by atoms with van der Waals surface area (Å²) in [6.07, 6.45) is -1.35. The summed E-state index contributed by atoms with van der Waals surface area (Å²) in [5.74, 6) is 0. The van der Waals surface area contributed by atoms with E-state index in [-0.39, 0.29) is 19.7 Å². The van der Waals surface area contributed by atoms with Crippen LogP contribution in [0.4, 0.5) is 4.79 Å². The lowest BCUT2D eigenvalue weighted by Crippen LogP contribution is -2.40. The molecule has 0 aliphatic carbocycles. The summed E-state index contributed by atoms with van der Waals surface area (Å²) in [4.78, 5) is 13.4. The van der Waals surface area contributed by atoms with Gasteiger partial charge < -0.3 is 19.8 Å². The number of nitrogens with zero attached hydrogens (tertiary/aromatic N) is 1. The van der Waals surface area contributed by atoms with Gasteiger partial charge in [0.15, 0.2) is 0 Å². The normalized spacial score (nSPS) is 12.9. The molecule has 0 aliphatic heterocycles. The van der Waals surface area contributed by atoms with Crippen molar-refractivity contribution in [2.24, 2.45) is 0 Å². The van der Waals surface area contributed by atoms with E-state index in [4.69, 9.17) is 9.84 Å². The molecule has 1 atom stereocenters. The molecule has 0 fully saturated rings. The van der Waals surface area contributed by atoms with E-state index >= 15 is 0 Å². The van der Waals surface area contributed by atoms with Gasteiger partial charge in [0.05, 0.1) is 19.3 Å². The molecule has 0 bridgehead atoms. The van der Waals surface area contributed by atoms with Crippen molar-refractivity contribution in [3.63, 3.8) is 0 Å². The molecule has 5 heteroatoms. The van der Waals surface area contributed by atoms with Crippen LogP contribution < -0.4 is 0 Å². The van der Waals surface area contributed by atoms with E-state index in [1.165, 1.54) is 4.90 Å². The van der Waals surface area contributed by atoms with Crippen LogP contribution in [-0.4, -0.2) is 46.5 Å². The Labute approximate surface area is 126 Å². The number of hydrogen-bond donors (Lipinski definition) is 2. The van der Waals surface area contributed by atoms with E-state index in [0.29, 0.717) is 0 Å². The second-order valence-electron chi connectivity index (χ2n) is 6.08. The lowest BCUT2D eigenvalue weighted by molar-refractivity contribution is 0.0109. The second kappa shape index (κ2) is 7.43. The Kier molecular flexibility index (Phi) is 6.18. The van der Waals surface area contributed by atoms with Gasteiger partial charge in [-0.2, -0.15) is 0 Å². The minimum Gasteiger partial charge on any atom is -0.444 e. The number of amides is 1. The fourth-order valence-electron chi connectivity index (χ4n) is 1.90. The molecule has 1 aromatic rings. The third-order valence-electron chi connectivity index (χ3n) is 2.84. The molecule has 21 heavy (non-hydrogen) atoms. The zero-order valence-electron chi connectivity index (χ0n) is 13.2. The van der Waals surface area contributed by atoms with Crippen molar-refractivity contribution in [2.45, 2.75) is 39.4 Å². The zero-order chi connectivity index (χ0) is 16.0. The van der Waals surface area contributed by atoms with Crippen molar-refractivity contribution in [3.8, 4) is 0 Å². The van der Waals surface area contributed by atoms with Crippen LogP contribution in [0.1, 0.15) is 38.0 Å². The molecule has 1 rings (SSSR count). The highest BCUT2D eigenvalue weighted by molar-refractivity contribution is 5.68. The van der Waals surface area contributed by atoms with Gasteiger partial charge in [-0.3, -0.25) is 0 Å². The maximum atomic E-state index is 12.1. The number of carbonyl (C=O) groups is 1. The summed E-state index contributed by atoms with van der Waals surface area (Å²) in [5, 5.41) is 19.3. The summed E-state index contributed by atoms with van der Waals surface area (Å²) in [5.41, 5.74) is 1.16. The fourth-order valence-corrected chi connectivity index (χ4v) is 1.90. The van der Waals surface area contributed by atoms with Crippen LogP contribution in [0.2, 0.25) is 0 Å². The summed E-state index contributed by atoms with van der Waals surface area (Å²) >= 11 is 0. The third-order valence-corrected chi connectivity index (χ3v) is 2.84. The van der Waals surface area contributed by atoms with E-state index in [9.17, 15) is 9.90 Å². The van der Waals surface area contributed by atoms with E-state index in [0.717, 1.165) is 11.1 Å². The van der Waals surface area contributed by atoms with Crippen molar-refractivity contribution in [3.05, 3.63) is 35.4 Å². The number of aryl methyl sites for hydroxylation is 1. The molecule has 0 saturated carbocycles. The van der Waals surface area contributed by atoms with Crippen LogP contribution in [0.3, 0.4) is 0 Å². The van der Waals surface area contributed by atoms with Gasteiger partial charge in [0.2, 0.25) is 0 Å². The monoisotopic (exact) mass is 295 g/mol. The number of carbonyl (C=O) groups excluding carboxylic acids is 1. The Morgan fingerprint density at radius 1 is 1.38 bits per heavy atom. The Bertz CT molecular complexity index is 468. The number of aliphatic hydroxyl groups is 2. The van der Waals surface area contributed by atoms with Crippen molar-refractivity contribution in [2.75, 3.05) is 19.7 Å². The van der Waals surface area contributed by atoms with Crippen molar-refractivity contribution in [1.29, 1.82) is 0 Å². The first-order chi connectivity index (χ1) is 9.73. The van der Waals surface area contributed by atoms with E-state index < -0.39 is 17.8 Å². The highest BCUT2D eigenvalue weighted by Crippen LogP contribution is 2.17. The van der Waals surface area contributed by atoms with Crippen molar-refractivity contribution in [1.82, 2.24) is 4.90 Å². The zero-order valence-corrected chi connectivity index (χ0v) is 13.2. The number of benzene rings is 1.